The molecule has 0 bridgehead atoms. The molecule has 5 nitrogen and oxygen atoms in total. The van der Waals surface area contributed by atoms with Crippen LogP contribution in [0.4, 0.5) is 0 Å². The Kier molecular flexibility index (Phi) is 3.42. The quantitative estimate of drug-likeness (QED) is 0.864. The number of hydrogen-bond acceptors (Lipinski definition) is 5. The molecule has 0 amide bonds. The van der Waals surface area contributed by atoms with E-state index in [1.165, 1.54) is 13.3 Å². The molecule has 2 N–H and O–H groups in total. The largest absolute Gasteiger partial charge is 0.480 e. The van der Waals surface area contributed by atoms with E-state index >= 15 is 0 Å². The van der Waals surface area contributed by atoms with Gasteiger partial charge in [-0.3, -0.25) is 0 Å². The predicted molar refractivity (Wildman–Crippen MR) is 63.1 cm³/mol. The molecule has 0 saturated carbocycles. The van der Waals surface area contributed by atoms with E-state index in [1.807, 2.05) is 0 Å². The summed E-state index contributed by atoms with van der Waals surface area (Å²) in [6.45, 7) is -0.433. The molecule has 17 heavy (non-hydrogen) atoms. The van der Waals surface area contributed by atoms with Gasteiger partial charge in [0.2, 0.25) is 5.88 Å². The van der Waals surface area contributed by atoms with E-state index in [9.17, 15) is 5.11 Å². The number of aromatic nitrogens is 2. The van der Waals surface area contributed by atoms with Crippen LogP contribution in [0.5, 0.6) is 5.88 Å². The summed E-state index contributed by atoms with van der Waals surface area (Å²) in [5.41, 5.74) is 1.37. The van der Waals surface area contributed by atoms with Crippen LogP contribution < -0.4 is 4.74 Å². The number of aliphatic hydroxyl groups excluding tert-OH is 2. The summed E-state index contributed by atoms with van der Waals surface area (Å²) in [6.07, 6.45) is 0.387. The lowest BCUT2D eigenvalue weighted by molar-refractivity contribution is 0.0966. The molecular formula is C11H11ClN2O3. The minimum Gasteiger partial charge on any atom is -0.480 e. The topological polar surface area (TPSA) is 75.5 Å². The highest BCUT2D eigenvalue weighted by molar-refractivity contribution is 6.32. The molecule has 0 saturated heterocycles. The molecule has 1 heterocycles. The average molecular weight is 255 g/mol. The highest BCUT2D eigenvalue weighted by atomic mass is 35.5. The summed E-state index contributed by atoms with van der Waals surface area (Å²) >= 11 is 5.99. The number of nitrogens with zero attached hydrogens (tertiary/aromatic N) is 2. The number of rotatable bonds is 3. The monoisotopic (exact) mass is 254 g/mol. The number of methoxy groups -OCH3 is 1. The zero-order chi connectivity index (χ0) is 12.4. The molecule has 0 aliphatic carbocycles. The van der Waals surface area contributed by atoms with Gasteiger partial charge in [0.1, 0.15) is 11.6 Å². The first-order valence-corrected chi connectivity index (χ1v) is 5.33. The Morgan fingerprint density at radius 1 is 1.47 bits per heavy atom. The average Bonchev–Trinajstić information content (AvgIpc) is 2.37. The fourth-order valence-corrected chi connectivity index (χ4v) is 1.84. The molecule has 0 fully saturated rings. The van der Waals surface area contributed by atoms with Crippen molar-refractivity contribution in [3.63, 3.8) is 0 Å². The van der Waals surface area contributed by atoms with Crippen molar-refractivity contribution in [3.8, 4) is 5.88 Å². The summed E-state index contributed by atoms with van der Waals surface area (Å²) in [4.78, 5) is 8.31. The first-order valence-electron chi connectivity index (χ1n) is 4.95. The van der Waals surface area contributed by atoms with Gasteiger partial charge in [0.05, 0.1) is 25.4 Å². The predicted octanol–water partition coefficient (Wildman–Crippen LogP) is 1.32. The maximum atomic E-state index is 9.73. The van der Waals surface area contributed by atoms with Gasteiger partial charge in [-0.25, -0.2) is 9.97 Å². The Morgan fingerprint density at radius 2 is 2.24 bits per heavy atom. The van der Waals surface area contributed by atoms with E-state index < -0.39 is 12.7 Å². The lowest BCUT2D eigenvalue weighted by atomic mass is 10.1. The molecule has 0 aliphatic heterocycles. The van der Waals surface area contributed by atoms with Crippen LogP contribution in [0.3, 0.4) is 0 Å². The Hall–Kier alpha value is -1.43. The normalized spacial score (nSPS) is 12.7. The van der Waals surface area contributed by atoms with Crippen LogP contribution in [0, 0.1) is 0 Å². The van der Waals surface area contributed by atoms with Crippen LogP contribution in [0.1, 0.15) is 11.7 Å². The zero-order valence-corrected chi connectivity index (χ0v) is 9.85. The van der Waals surface area contributed by atoms with Crippen molar-refractivity contribution in [3.05, 3.63) is 28.9 Å². The van der Waals surface area contributed by atoms with Gasteiger partial charge in [-0.15, -0.1) is 0 Å². The Balaban J connectivity index is 2.73. The minimum absolute atomic E-state index is 0.325. The Labute approximate surface area is 103 Å². The van der Waals surface area contributed by atoms with Crippen molar-refractivity contribution in [1.29, 1.82) is 0 Å². The molecule has 2 rings (SSSR count). The summed E-state index contributed by atoms with van der Waals surface area (Å²) in [5, 5.41) is 19.1. The van der Waals surface area contributed by atoms with E-state index in [4.69, 9.17) is 21.4 Å². The van der Waals surface area contributed by atoms with E-state index in [1.54, 1.807) is 12.1 Å². The smallest absolute Gasteiger partial charge is 0.232 e. The lowest BCUT2D eigenvalue weighted by Crippen LogP contribution is -2.06. The third-order valence-corrected chi connectivity index (χ3v) is 2.72. The van der Waals surface area contributed by atoms with Gasteiger partial charge < -0.3 is 14.9 Å². The molecule has 1 atom stereocenters. The van der Waals surface area contributed by atoms with Gasteiger partial charge in [0, 0.05) is 10.6 Å². The van der Waals surface area contributed by atoms with Gasteiger partial charge in [0.15, 0.2) is 0 Å². The van der Waals surface area contributed by atoms with Crippen LogP contribution in [-0.4, -0.2) is 33.9 Å². The van der Waals surface area contributed by atoms with Crippen molar-refractivity contribution in [2.75, 3.05) is 13.7 Å². The van der Waals surface area contributed by atoms with Gasteiger partial charge in [0.25, 0.3) is 0 Å². The summed E-state index contributed by atoms with van der Waals surface area (Å²) in [5.74, 6) is 0.325. The van der Waals surface area contributed by atoms with Crippen molar-refractivity contribution in [1.82, 2.24) is 9.97 Å². The summed E-state index contributed by atoms with van der Waals surface area (Å²) < 4.78 is 4.97. The second kappa shape index (κ2) is 4.83. The van der Waals surface area contributed by atoms with Crippen molar-refractivity contribution >= 4 is 22.6 Å². The van der Waals surface area contributed by atoms with Crippen LogP contribution in [0.25, 0.3) is 11.0 Å². The number of fused-ring (bicyclic) bond motifs is 1. The molecule has 90 valence electrons. The number of benzene rings is 1. The molecular weight excluding hydrogens is 244 g/mol. The molecule has 6 heteroatoms. The van der Waals surface area contributed by atoms with Gasteiger partial charge in [-0.2, -0.15) is 0 Å². The van der Waals surface area contributed by atoms with Crippen LogP contribution in [0.2, 0.25) is 5.02 Å². The fraction of sp³-hybridized carbons (Fsp3) is 0.273. The third kappa shape index (κ3) is 2.17. The van der Waals surface area contributed by atoms with Crippen molar-refractivity contribution in [2.24, 2.45) is 0 Å². The highest BCUT2D eigenvalue weighted by Crippen LogP contribution is 2.30. The van der Waals surface area contributed by atoms with Crippen molar-refractivity contribution < 1.29 is 14.9 Å². The number of ether oxygens (including phenoxy) is 1. The molecule has 0 spiro atoms. The minimum atomic E-state index is -1.09. The van der Waals surface area contributed by atoms with Gasteiger partial charge >= 0.3 is 0 Å². The third-order valence-electron chi connectivity index (χ3n) is 2.39. The number of hydrogen-bond donors (Lipinski definition) is 2. The van der Waals surface area contributed by atoms with Crippen LogP contribution in [0.15, 0.2) is 18.3 Å². The lowest BCUT2D eigenvalue weighted by Gasteiger charge is -2.12. The number of aliphatic hydroxyl groups is 2. The van der Waals surface area contributed by atoms with Gasteiger partial charge in [-0.1, -0.05) is 11.6 Å². The number of halogens is 1. The molecule has 0 aliphatic rings. The second-order valence-electron chi connectivity index (χ2n) is 3.44. The second-order valence-corrected chi connectivity index (χ2v) is 3.85. The van der Waals surface area contributed by atoms with Crippen molar-refractivity contribution in [2.45, 2.75) is 6.10 Å². The first-order chi connectivity index (χ1) is 8.17. The van der Waals surface area contributed by atoms with Crippen LogP contribution in [-0.2, 0) is 0 Å². The van der Waals surface area contributed by atoms with Gasteiger partial charge in [-0.05, 0) is 12.1 Å². The maximum absolute atomic E-state index is 9.73. The molecule has 1 aromatic heterocycles. The summed E-state index contributed by atoms with van der Waals surface area (Å²) in [6, 6.07) is 3.30. The van der Waals surface area contributed by atoms with E-state index in [2.05, 4.69) is 9.97 Å². The molecule has 1 aromatic carbocycles. The van der Waals surface area contributed by atoms with Crippen LogP contribution >= 0.6 is 11.6 Å². The zero-order valence-electron chi connectivity index (χ0n) is 9.09. The molecule has 0 radical (unpaired) electrons. The maximum Gasteiger partial charge on any atom is 0.232 e. The Morgan fingerprint density at radius 3 is 2.88 bits per heavy atom. The summed E-state index contributed by atoms with van der Waals surface area (Å²) in [7, 11) is 1.47. The first kappa shape index (κ1) is 12.0. The van der Waals surface area contributed by atoms with E-state index in [-0.39, 0.29) is 0 Å². The van der Waals surface area contributed by atoms with E-state index in [0.29, 0.717) is 27.5 Å². The molecule has 2 aromatic rings. The molecule has 1 unspecified atom stereocenters. The Bertz CT molecular complexity index is 547. The SMILES string of the molecule is COc1cnc2ccc(Cl)c(C(O)CO)c2n1. The highest BCUT2D eigenvalue weighted by Gasteiger charge is 2.16. The fourth-order valence-electron chi connectivity index (χ4n) is 1.56. The van der Waals surface area contributed by atoms with E-state index in [0.717, 1.165) is 0 Å². The standard InChI is InChI=1S/C11H11ClN2O3/c1-17-9-4-13-7-3-2-6(12)10(8(16)5-15)11(7)14-9/h2-4,8,15-16H,5H2,1H3.